The van der Waals surface area contributed by atoms with E-state index in [9.17, 15) is 9.50 Å². The summed E-state index contributed by atoms with van der Waals surface area (Å²) in [5.74, 6) is 1.05. The van der Waals surface area contributed by atoms with Crippen LogP contribution in [0.15, 0.2) is 72.8 Å². The molecular formula is C19H15FO3. The van der Waals surface area contributed by atoms with Crippen LogP contribution in [-0.2, 0) is 6.61 Å². The SMILES string of the molecule is Oc1ccc(OCc2ccccc2)c(Oc2ccc(F)cc2)c1. The van der Waals surface area contributed by atoms with E-state index in [0.29, 0.717) is 23.9 Å². The van der Waals surface area contributed by atoms with Crippen LogP contribution in [0.4, 0.5) is 4.39 Å². The summed E-state index contributed by atoms with van der Waals surface area (Å²) in [5.41, 5.74) is 1.02. The Morgan fingerprint density at radius 2 is 1.57 bits per heavy atom. The molecule has 0 radical (unpaired) electrons. The van der Waals surface area contributed by atoms with Crippen LogP contribution in [0.25, 0.3) is 0 Å². The van der Waals surface area contributed by atoms with Gasteiger partial charge in [0, 0.05) is 6.07 Å². The molecule has 0 aliphatic rings. The summed E-state index contributed by atoms with van der Waals surface area (Å²) in [5, 5.41) is 9.65. The van der Waals surface area contributed by atoms with Gasteiger partial charge in [-0.2, -0.15) is 0 Å². The molecule has 0 unspecified atom stereocenters. The third-order valence-electron chi connectivity index (χ3n) is 3.21. The Morgan fingerprint density at radius 3 is 2.30 bits per heavy atom. The van der Waals surface area contributed by atoms with Crippen LogP contribution in [0, 0.1) is 5.82 Å². The lowest BCUT2D eigenvalue weighted by atomic mass is 10.2. The van der Waals surface area contributed by atoms with Gasteiger partial charge in [-0.05, 0) is 42.0 Å². The van der Waals surface area contributed by atoms with Crippen molar-refractivity contribution in [1.29, 1.82) is 0 Å². The Morgan fingerprint density at radius 1 is 0.826 bits per heavy atom. The second-order valence-corrected chi connectivity index (χ2v) is 4.96. The van der Waals surface area contributed by atoms with Crippen molar-refractivity contribution >= 4 is 0 Å². The van der Waals surface area contributed by atoms with Crippen molar-refractivity contribution in [2.75, 3.05) is 0 Å². The molecule has 116 valence electrons. The lowest BCUT2D eigenvalue weighted by Gasteiger charge is -2.13. The average molecular weight is 310 g/mol. The Hall–Kier alpha value is -3.01. The standard InChI is InChI=1S/C19H15FO3/c20-15-6-9-17(10-7-15)23-19-12-16(21)8-11-18(19)22-13-14-4-2-1-3-5-14/h1-12,21H,13H2. The first-order valence-electron chi connectivity index (χ1n) is 7.14. The highest BCUT2D eigenvalue weighted by Gasteiger charge is 2.08. The summed E-state index contributed by atoms with van der Waals surface area (Å²) < 4.78 is 24.4. The maximum atomic E-state index is 13.0. The largest absolute Gasteiger partial charge is 0.508 e. The Bertz CT molecular complexity index is 770. The molecule has 3 nitrogen and oxygen atoms in total. The van der Waals surface area contributed by atoms with Crippen molar-refractivity contribution in [2.24, 2.45) is 0 Å². The van der Waals surface area contributed by atoms with Gasteiger partial charge in [0.05, 0.1) is 0 Å². The predicted molar refractivity (Wildman–Crippen MR) is 85.4 cm³/mol. The lowest BCUT2D eigenvalue weighted by Crippen LogP contribution is -1.97. The highest BCUT2D eigenvalue weighted by molar-refractivity contribution is 5.47. The summed E-state index contributed by atoms with van der Waals surface area (Å²) in [4.78, 5) is 0. The number of hydrogen-bond donors (Lipinski definition) is 1. The number of halogens is 1. The molecule has 0 saturated heterocycles. The number of phenols is 1. The molecule has 3 aromatic rings. The van der Waals surface area contributed by atoms with Crippen LogP contribution >= 0.6 is 0 Å². The summed E-state index contributed by atoms with van der Waals surface area (Å²) in [6, 6.07) is 20.0. The maximum absolute atomic E-state index is 13.0. The third-order valence-corrected chi connectivity index (χ3v) is 3.21. The smallest absolute Gasteiger partial charge is 0.172 e. The van der Waals surface area contributed by atoms with Crippen molar-refractivity contribution in [1.82, 2.24) is 0 Å². The van der Waals surface area contributed by atoms with Crippen molar-refractivity contribution in [3.05, 3.63) is 84.2 Å². The topological polar surface area (TPSA) is 38.7 Å². The maximum Gasteiger partial charge on any atom is 0.172 e. The molecule has 3 rings (SSSR count). The number of phenolic OH excluding ortho intramolecular Hbond substituents is 1. The van der Waals surface area contributed by atoms with Gasteiger partial charge in [0.25, 0.3) is 0 Å². The first kappa shape index (κ1) is 14.9. The molecule has 0 aromatic heterocycles. The molecule has 0 fully saturated rings. The molecule has 0 saturated carbocycles. The fourth-order valence-electron chi connectivity index (χ4n) is 2.06. The fraction of sp³-hybridized carbons (Fsp3) is 0.0526. The van der Waals surface area contributed by atoms with E-state index >= 15 is 0 Å². The van der Waals surface area contributed by atoms with E-state index in [2.05, 4.69) is 0 Å². The number of ether oxygens (including phenoxy) is 2. The average Bonchev–Trinajstić information content (AvgIpc) is 2.57. The van der Waals surface area contributed by atoms with Crippen molar-refractivity contribution in [2.45, 2.75) is 6.61 Å². The van der Waals surface area contributed by atoms with Crippen LogP contribution in [0.5, 0.6) is 23.0 Å². The number of aromatic hydroxyl groups is 1. The van der Waals surface area contributed by atoms with E-state index in [1.54, 1.807) is 6.07 Å². The second kappa shape index (κ2) is 6.83. The molecule has 0 aliphatic heterocycles. The van der Waals surface area contributed by atoms with Crippen LogP contribution in [0.1, 0.15) is 5.56 Å². The van der Waals surface area contributed by atoms with E-state index in [1.807, 2.05) is 30.3 Å². The molecule has 23 heavy (non-hydrogen) atoms. The summed E-state index contributed by atoms with van der Waals surface area (Å²) in [7, 11) is 0. The molecule has 0 aliphatic carbocycles. The zero-order chi connectivity index (χ0) is 16.1. The molecule has 3 aromatic carbocycles. The molecule has 0 spiro atoms. The molecule has 4 heteroatoms. The van der Waals surface area contributed by atoms with Crippen LogP contribution in [0.3, 0.4) is 0 Å². The van der Waals surface area contributed by atoms with Crippen molar-refractivity contribution in [3.8, 4) is 23.0 Å². The highest BCUT2D eigenvalue weighted by Crippen LogP contribution is 2.35. The van der Waals surface area contributed by atoms with Crippen molar-refractivity contribution in [3.63, 3.8) is 0 Å². The van der Waals surface area contributed by atoms with E-state index in [4.69, 9.17) is 9.47 Å². The van der Waals surface area contributed by atoms with Gasteiger partial charge in [-0.1, -0.05) is 30.3 Å². The molecule has 1 N–H and O–H groups in total. The highest BCUT2D eigenvalue weighted by atomic mass is 19.1. The van der Waals surface area contributed by atoms with E-state index < -0.39 is 0 Å². The van der Waals surface area contributed by atoms with Gasteiger partial charge in [-0.15, -0.1) is 0 Å². The third kappa shape index (κ3) is 4.01. The Kier molecular flexibility index (Phi) is 4.43. The first-order chi connectivity index (χ1) is 11.2. The molecule has 0 atom stereocenters. The van der Waals surface area contributed by atoms with Gasteiger partial charge in [-0.25, -0.2) is 4.39 Å². The van der Waals surface area contributed by atoms with Gasteiger partial charge in [0.1, 0.15) is 23.9 Å². The van der Waals surface area contributed by atoms with E-state index in [1.165, 1.54) is 36.4 Å². The lowest BCUT2D eigenvalue weighted by molar-refractivity contribution is 0.290. The van der Waals surface area contributed by atoms with E-state index in [-0.39, 0.29) is 11.6 Å². The molecule has 0 bridgehead atoms. The molecular weight excluding hydrogens is 295 g/mol. The van der Waals surface area contributed by atoms with Crippen molar-refractivity contribution < 1.29 is 19.0 Å². The zero-order valence-corrected chi connectivity index (χ0v) is 12.3. The monoisotopic (exact) mass is 310 g/mol. The summed E-state index contributed by atoms with van der Waals surface area (Å²) in [6.07, 6.45) is 0. The predicted octanol–water partition coefficient (Wildman–Crippen LogP) is 4.90. The number of benzene rings is 3. The minimum Gasteiger partial charge on any atom is -0.508 e. The molecule has 0 amide bonds. The second-order valence-electron chi connectivity index (χ2n) is 4.96. The molecule has 0 heterocycles. The Balaban J connectivity index is 1.78. The number of rotatable bonds is 5. The summed E-state index contributed by atoms with van der Waals surface area (Å²) in [6.45, 7) is 0.380. The van der Waals surface area contributed by atoms with Crippen LogP contribution in [0.2, 0.25) is 0 Å². The minimum absolute atomic E-state index is 0.0640. The first-order valence-corrected chi connectivity index (χ1v) is 7.14. The van der Waals surface area contributed by atoms with Gasteiger partial charge in [-0.3, -0.25) is 0 Å². The van der Waals surface area contributed by atoms with Crippen LogP contribution in [-0.4, -0.2) is 5.11 Å². The fourth-order valence-corrected chi connectivity index (χ4v) is 2.06. The Labute approximate surface area is 133 Å². The van der Waals surface area contributed by atoms with Crippen LogP contribution < -0.4 is 9.47 Å². The quantitative estimate of drug-likeness (QED) is 0.728. The van der Waals surface area contributed by atoms with E-state index in [0.717, 1.165) is 5.56 Å². The van der Waals surface area contributed by atoms with Gasteiger partial charge < -0.3 is 14.6 Å². The van der Waals surface area contributed by atoms with Gasteiger partial charge >= 0.3 is 0 Å². The zero-order valence-electron chi connectivity index (χ0n) is 12.3. The number of hydrogen-bond acceptors (Lipinski definition) is 3. The van der Waals surface area contributed by atoms with Gasteiger partial charge in [0.15, 0.2) is 11.5 Å². The minimum atomic E-state index is -0.339. The normalized spacial score (nSPS) is 10.3. The van der Waals surface area contributed by atoms with Gasteiger partial charge in [0.2, 0.25) is 0 Å². The summed E-state index contributed by atoms with van der Waals surface area (Å²) >= 11 is 0.